The Kier molecular flexibility index (Phi) is 4.52. The largest absolute Gasteiger partial charge is 0.343 e. The van der Waals surface area contributed by atoms with Crippen molar-refractivity contribution in [3.05, 3.63) is 36.2 Å². The molecule has 1 aromatic carbocycles. The molecule has 3 aromatic rings. The highest BCUT2D eigenvalue weighted by atomic mass is 32.2. The van der Waals surface area contributed by atoms with E-state index >= 15 is 0 Å². The number of carbonyl (C=O) groups is 1. The van der Waals surface area contributed by atoms with Crippen LogP contribution in [0, 0.1) is 0 Å². The van der Waals surface area contributed by atoms with Crippen LogP contribution in [0.25, 0.3) is 15.5 Å². The van der Waals surface area contributed by atoms with E-state index in [1.807, 2.05) is 9.42 Å². The van der Waals surface area contributed by atoms with Gasteiger partial charge in [0.25, 0.3) is 0 Å². The zero-order valence-electron chi connectivity index (χ0n) is 14.3. The average Bonchev–Trinajstić information content (AvgIpc) is 3.21. The summed E-state index contributed by atoms with van der Waals surface area (Å²) in [6.07, 6.45) is 6.09. The van der Waals surface area contributed by atoms with Crippen molar-refractivity contribution in [1.82, 2.24) is 19.5 Å². The summed E-state index contributed by atoms with van der Waals surface area (Å²) in [6, 6.07) is 8.47. The molecule has 5 nitrogen and oxygen atoms in total. The number of likely N-dealkylation sites (tertiary alicyclic amines) is 1. The van der Waals surface area contributed by atoms with Gasteiger partial charge >= 0.3 is 0 Å². The lowest BCUT2D eigenvalue weighted by atomic mass is 9.94. The fraction of sp³-hybridized carbons (Fsp3) is 0.389. The summed E-state index contributed by atoms with van der Waals surface area (Å²) in [5, 5.41) is 5.69. The molecule has 0 aliphatic carbocycles. The van der Waals surface area contributed by atoms with Crippen molar-refractivity contribution in [1.29, 1.82) is 0 Å². The van der Waals surface area contributed by atoms with E-state index in [1.165, 1.54) is 4.90 Å². The quantitative estimate of drug-likeness (QED) is 0.654. The highest BCUT2D eigenvalue weighted by molar-refractivity contribution is 7.98. The maximum atomic E-state index is 11.5. The van der Waals surface area contributed by atoms with Crippen molar-refractivity contribution in [2.45, 2.75) is 30.6 Å². The molecule has 0 bridgehead atoms. The third kappa shape index (κ3) is 3.30. The average molecular weight is 373 g/mol. The monoisotopic (exact) mass is 372 g/mol. The van der Waals surface area contributed by atoms with Crippen LogP contribution in [0.5, 0.6) is 0 Å². The van der Waals surface area contributed by atoms with E-state index in [-0.39, 0.29) is 5.91 Å². The maximum Gasteiger partial charge on any atom is 0.219 e. The second-order valence-electron chi connectivity index (χ2n) is 6.31. The van der Waals surface area contributed by atoms with E-state index in [1.54, 1.807) is 30.0 Å². The van der Waals surface area contributed by atoms with E-state index in [0.29, 0.717) is 5.92 Å². The second kappa shape index (κ2) is 6.80. The topological polar surface area (TPSA) is 50.5 Å². The molecule has 0 unspecified atom stereocenters. The van der Waals surface area contributed by atoms with Gasteiger partial charge in [0.2, 0.25) is 10.9 Å². The molecule has 4 rings (SSSR count). The van der Waals surface area contributed by atoms with Crippen molar-refractivity contribution >= 4 is 34.0 Å². The van der Waals surface area contributed by atoms with Crippen LogP contribution >= 0.6 is 23.1 Å². The van der Waals surface area contributed by atoms with Crippen LogP contribution in [0.2, 0.25) is 0 Å². The Morgan fingerprint density at radius 2 is 1.96 bits per heavy atom. The van der Waals surface area contributed by atoms with Crippen LogP contribution in [0.15, 0.2) is 35.4 Å². The number of amides is 1. The molecule has 0 atom stereocenters. The van der Waals surface area contributed by atoms with Gasteiger partial charge in [-0.3, -0.25) is 4.79 Å². The van der Waals surface area contributed by atoms with Gasteiger partial charge < -0.3 is 4.90 Å². The zero-order valence-corrected chi connectivity index (χ0v) is 15.9. The Morgan fingerprint density at radius 1 is 1.24 bits per heavy atom. The number of fused-ring (bicyclic) bond motifs is 1. The Bertz CT molecular complexity index is 860. The molecule has 130 valence electrons. The number of rotatable bonds is 3. The van der Waals surface area contributed by atoms with Gasteiger partial charge in [-0.05, 0) is 31.2 Å². The number of carbonyl (C=O) groups excluding carboxylic acids is 1. The van der Waals surface area contributed by atoms with Crippen molar-refractivity contribution in [3.63, 3.8) is 0 Å². The predicted octanol–water partition coefficient (Wildman–Crippen LogP) is 3.91. The number of nitrogens with zero attached hydrogens (tertiary/aromatic N) is 4. The van der Waals surface area contributed by atoms with E-state index in [2.05, 4.69) is 36.7 Å². The molecule has 0 saturated carbocycles. The summed E-state index contributed by atoms with van der Waals surface area (Å²) in [5.41, 5.74) is 2.23. The van der Waals surface area contributed by atoms with Gasteiger partial charge in [0.05, 0.1) is 11.9 Å². The van der Waals surface area contributed by atoms with Gasteiger partial charge in [-0.15, -0.1) is 11.8 Å². The fourth-order valence-electron chi connectivity index (χ4n) is 3.25. The highest BCUT2D eigenvalue weighted by Crippen LogP contribution is 2.31. The molecular weight excluding hydrogens is 352 g/mol. The van der Waals surface area contributed by atoms with Gasteiger partial charge in [0, 0.05) is 36.4 Å². The minimum absolute atomic E-state index is 0.170. The zero-order chi connectivity index (χ0) is 17.4. The van der Waals surface area contributed by atoms with Crippen LogP contribution in [0.3, 0.4) is 0 Å². The van der Waals surface area contributed by atoms with E-state index in [9.17, 15) is 4.79 Å². The molecule has 1 aliphatic rings. The molecule has 0 spiro atoms. The van der Waals surface area contributed by atoms with Crippen molar-refractivity contribution in [3.8, 4) is 10.6 Å². The lowest BCUT2D eigenvalue weighted by Gasteiger charge is -2.30. The van der Waals surface area contributed by atoms with Crippen molar-refractivity contribution in [2.24, 2.45) is 0 Å². The van der Waals surface area contributed by atoms with Crippen LogP contribution in [-0.4, -0.2) is 44.8 Å². The maximum absolute atomic E-state index is 11.5. The first kappa shape index (κ1) is 16.6. The molecule has 25 heavy (non-hydrogen) atoms. The number of hydrogen-bond acceptors (Lipinski definition) is 5. The molecule has 1 aliphatic heterocycles. The highest BCUT2D eigenvalue weighted by Gasteiger charge is 2.24. The third-order valence-electron chi connectivity index (χ3n) is 4.76. The van der Waals surface area contributed by atoms with E-state index < -0.39 is 0 Å². The summed E-state index contributed by atoms with van der Waals surface area (Å²) >= 11 is 3.36. The standard InChI is InChI=1S/C18H20N4OS2/c1-12(23)21-9-7-13(8-10-21)16-11-22-18(19-16)25-17(20-22)14-3-5-15(24-2)6-4-14/h3-6,11,13H,7-10H2,1-2H3. The first-order valence-electron chi connectivity index (χ1n) is 8.40. The third-order valence-corrected chi connectivity index (χ3v) is 6.47. The van der Waals surface area contributed by atoms with Gasteiger partial charge in [-0.25, -0.2) is 9.50 Å². The molecule has 0 radical (unpaired) electrons. The molecule has 0 N–H and O–H groups in total. The minimum Gasteiger partial charge on any atom is -0.343 e. The Morgan fingerprint density at radius 3 is 2.56 bits per heavy atom. The molecule has 1 saturated heterocycles. The van der Waals surface area contributed by atoms with Crippen molar-refractivity contribution in [2.75, 3.05) is 19.3 Å². The molecule has 7 heteroatoms. The van der Waals surface area contributed by atoms with Gasteiger partial charge in [0.1, 0.15) is 5.01 Å². The van der Waals surface area contributed by atoms with Crippen LogP contribution in [0.4, 0.5) is 0 Å². The molecular formula is C18H20N4OS2. The van der Waals surface area contributed by atoms with Crippen molar-refractivity contribution < 1.29 is 4.79 Å². The summed E-state index contributed by atoms with van der Waals surface area (Å²) in [5.74, 6) is 0.594. The van der Waals surface area contributed by atoms with E-state index in [0.717, 1.165) is 47.2 Å². The molecule has 2 aromatic heterocycles. The molecule has 3 heterocycles. The first-order chi connectivity index (χ1) is 12.1. The van der Waals surface area contributed by atoms with Gasteiger partial charge in [-0.2, -0.15) is 5.10 Å². The normalized spacial score (nSPS) is 15.8. The Labute approximate surface area is 155 Å². The molecule has 1 fully saturated rings. The lowest BCUT2D eigenvalue weighted by molar-refractivity contribution is -0.129. The number of benzene rings is 1. The SMILES string of the molecule is CSc1ccc(-c2nn3cc(C4CCN(C(C)=O)CC4)nc3s2)cc1. The van der Waals surface area contributed by atoms with Crippen LogP contribution < -0.4 is 0 Å². The van der Waals surface area contributed by atoms with Crippen LogP contribution in [-0.2, 0) is 4.79 Å². The molecule has 1 amide bonds. The number of imidazole rings is 1. The van der Waals surface area contributed by atoms with Gasteiger partial charge in [-0.1, -0.05) is 23.5 Å². The summed E-state index contributed by atoms with van der Waals surface area (Å²) in [4.78, 5) is 20.4. The first-order valence-corrected chi connectivity index (χ1v) is 10.4. The Balaban J connectivity index is 1.52. The van der Waals surface area contributed by atoms with Crippen LogP contribution in [0.1, 0.15) is 31.4 Å². The smallest absolute Gasteiger partial charge is 0.219 e. The number of aromatic nitrogens is 3. The van der Waals surface area contributed by atoms with E-state index in [4.69, 9.17) is 10.1 Å². The number of thioether (sulfide) groups is 1. The Hall–Kier alpha value is -1.86. The lowest BCUT2D eigenvalue weighted by Crippen LogP contribution is -2.36. The minimum atomic E-state index is 0.170. The fourth-order valence-corrected chi connectivity index (χ4v) is 4.56. The second-order valence-corrected chi connectivity index (χ2v) is 8.14. The summed E-state index contributed by atoms with van der Waals surface area (Å²) < 4.78 is 1.90. The number of hydrogen-bond donors (Lipinski definition) is 0. The summed E-state index contributed by atoms with van der Waals surface area (Å²) in [6.45, 7) is 3.29. The number of piperidine rings is 1. The summed E-state index contributed by atoms with van der Waals surface area (Å²) in [7, 11) is 0. The predicted molar refractivity (Wildman–Crippen MR) is 102 cm³/mol. The van der Waals surface area contributed by atoms with Gasteiger partial charge in [0.15, 0.2) is 0 Å².